The van der Waals surface area contributed by atoms with Gasteiger partial charge in [0.1, 0.15) is 0 Å². The van der Waals surface area contributed by atoms with Crippen LogP contribution in [-0.2, 0) is 4.74 Å². The molecule has 2 aliphatic rings. The molecule has 2 saturated heterocycles. The summed E-state index contributed by atoms with van der Waals surface area (Å²) in [6.45, 7) is 6.66. The number of halogens is 1. The first-order valence-corrected chi connectivity index (χ1v) is 12.5. The van der Waals surface area contributed by atoms with Crippen LogP contribution in [0.15, 0.2) is 18.3 Å². The molecule has 0 amide bonds. The zero-order valence-electron chi connectivity index (χ0n) is 20.8. The van der Waals surface area contributed by atoms with Crippen molar-refractivity contribution in [3.05, 3.63) is 35.7 Å². The van der Waals surface area contributed by atoms with Gasteiger partial charge in [0.2, 0.25) is 5.95 Å². The fraction of sp³-hybridized carbons (Fsp3) is 0.520. The normalized spacial score (nSPS) is 21.5. The second-order valence-electron chi connectivity index (χ2n) is 9.88. The van der Waals surface area contributed by atoms with Gasteiger partial charge in [0.05, 0.1) is 30.0 Å². The van der Waals surface area contributed by atoms with E-state index in [1.807, 2.05) is 0 Å². The molecular formula is C25H31FN8O2. The van der Waals surface area contributed by atoms with Gasteiger partial charge in [-0.2, -0.15) is 9.61 Å². The van der Waals surface area contributed by atoms with E-state index in [-0.39, 0.29) is 17.6 Å². The number of methoxy groups -OCH3 is 1. The minimum Gasteiger partial charge on any atom is -0.494 e. The van der Waals surface area contributed by atoms with E-state index in [0.717, 1.165) is 56.8 Å². The van der Waals surface area contributed by atoms with Gasteiger partial charge in [0.15, 0.2) is 23.0 Å². The van der Waals surface area contributed by atoms with Crippen molar-refractivity contribution in [3.8, 4) is 5.75 Å². The molecule has 5 heterocycles. The molecular weight excluding hydrogens is 463 g/mol. The van der Waals surface area contributed by atoms with Crippen LogP contribution < -0.4 is 15.4 Å². The highest BCUT2D eigenvalue weighted by Gasteiger charge is 2.32. The number of hydrogen-bond acceptors (Lipinski definition) is 8. The third kappa shape index (κ3) is 3.82. The van der Waals surface area contributed by atoms with Crippen LogP contribution in [0.3, 0.4) is 0 Å². The van der Waals surface area contributed by atoms with E-state index >= 15 is 0 Å². The second-order valence-corrected chi connectivity index (χ2v) is 9.88. The Morgan fingerprint density at radius 2 is 1.92 bits per heavy atom. The van der Waals surface area contributed by atoms with Gasteiger partial charge < -0.3 is 20.1 Å². The van der Waals surface area contributed by atoms with E-state index < -0.39 is 5.82 Å². The van der Waals surface area contributed by atoms with Gasteiger partial charge in [-0.15, -0.1) is 5.10 Å². The number of anilines is 2. The van der Waals surface area contributed by atoms with Crippen LogP contribution in [0.2, 0.25) is 0 Å². The quantitative estimate of drug-likeness (QED) is 0.458. The van der Waals surface area contributed by atoms with Crippen LogP contribution in [0.5, 0.6) is 5.75 Å². The predicted octanol–water partition coefficient (Wildman–Crippen LogP) is 3.64. The number of piperidine rings is 1. The minimum absolute atomic E-state index is 0.101. The van der Waals surface area contributed by atoms with Gasteiger partial charge >= 0.3 is 0 Å². The molecule has 0 radical (unpaired) electrons. The van der Waals surface area contributed by atoms with Crippen molar-refractivity contribution in [2.24, 2.45) is 0 Å². The van der Waals surface area contributed by atoms with E-state index in [1.165, 1.54) is 23.8 Å². The summed E-state index contributed by atoms with van der Waals surface area (Å²) in [5.41, 5.74) is 9.42. The fourth-order valence-corrected chi connectivity index (χ4v) is 5.52. The fourth-order valence-electron chi connectivity index (χ4n) is 5.52. The van der Waals surface area contributed by atoms with Gasteiger partial charge in [-0.25, -0.2) is 14.4 Å². The molecule has 1 aromatic carbocycles. The molecule has 0 saturated carbocycles. The van der Waals surface area contributed by atoms with Crippen LogP contribution in [0, 0.1) is 12.7 Å². The minimum atomic E-state index is -0.474. The number of aromatic nitrogens is 6. The number of hydrogen-bond donors (Lipinski definition) is 1. The van der Waals surface area contributed by atoms with E-state index in [1.54, 1.807) is 0 Å². The molecule has 36 heavy (non-hydrogen) atoms. The van der Waals surface area contributed by atoms with Gasteiger partial charge in [0.25, 0.3) is 0 Å². The first-order chi connectivity index (χ1) is 17.4. The second kappa shape index (κ2) is 8.88. The Hall–Kier alpha value is -3.47. The zero-order valence-corrected chi connectivity index (χ0v) is 20.8. The standard InChI is InChI=1S/C25H31FN8O2/c1-14-4-5-16(12-32(14)21-13-33(30-15(21)2)17-6-8-36-9-7-17)23-29-24-18-10-19(26)22(35-3)11-20(18)28-25(27)34(24)31-23/h10-11,13-14,16-17H,4-9,12H2,1-3H3,(H2,27,28)/t14-,16+/m1/s1. The summed E-state index contributed by atoms with van der Waals surface area (Å²) in [5.74, 6) is 0.646. The Bertz CT molecular complexity index is 1430. The molecule has 190 valence electrons. The number of ether oxygens (including phenoxy) is 2. The van der Waals surface area contributed by atoms with Gasteiger partial charge in [-0.05, 0) is 45.6 Å². The Morgan fingerprint density at radius 3 is 2.69 bits per heavy atom. The number of fused-ring (bicyclic) bond motifs is 3. The van der Waals surface area contributed by atoms with Crippen molar-refractivity contribution in [2.75, 3.05) is 37.5 Å². The van der Waals surface area contributed by atoms with Gasteiger partial charge in [0, 0.05) is 49.4 Å². The van der Waals surface area contributed by atoms with Gasteiger partial charge in [-0.3, -0.25) is 4.68 Å². The summed E-state index contributed by atoms with van der Waals surface area (Å²) in [5, 5.41) is 10.1. The average molecular weight is 495 g/mol. The number of nitrogens with two attached hydrogens (primary N) is 1. The Balaban J connectivity index is 1.33. The topological polar surface area (TPSA) is 109 Å². The Morgan fingerprint density at radius 1 is 1.11 bits per heavy atom. The molecule has 3 aromatic heterocycles. The molecule has 2 atom stereocenters. The highest BCUT2D eigenvalue weighted by molar-refractivity contribution is 5.93. The smallest absolute Gasteiger partial charge is 0.223 e. The van der Waals surface area contributed by atoms with Gasteiger partial charge in [-0.1, -0.05) is 0 Å². The highest BCUT2D eigenvalue weighted by Crippen LogP contribution is 2.35. The third-order valence-electron chi connectivity index (χ3n) is 7.60. The monoisotopic (exact) mass is 494 g/mol. The van der Waals surface area contributed by atoms with Crippen LogP contribution in [0.25, 0.3) is 16.6 Å². The lowest BCUT2D eigenvalue weighted by Gasteiger charge is -2.38. The third-order valence-corrected chi connectivity index (χ3v) is 7.60. The number of aryl methyl sites for hydroxylation is 1. The maximum absolute atomic E-state index is 14.5. The highest BCUT2D eigenvalue weighted by atomic mass is 19.1. The van der Waals surface area contributed by atoms with Crippen molar-refractivity contribution >= 4 is 28.2 Å². The SMILES string of the molecule is COc1cc2nc(N)n3nc([C@H]4CC[C@@H](C)N(c5cn(C6CCOCC6)nc5C)C4)nc3c2cc1F. The summed E-state index contributed by atoms with van der Waals surface area (Å²) < 4.78 is 28.8. The summed E-state index contributed by atoms with van der Waals surface area (Å²) in [4.78, 5) is 11.7. The summed E-state index contributed by atoms with van der Waals surface area (Å²) in [6, 6.07) is 3.68. The van der Waals surface area contributed by atoms with Crippen LogP contribution in [-0.4, -0.2) is 62.3 Å². The molecule has 0 spiro atoms. The zero-order chi connectivity index (χ0) is 25.0. The van der Waals surface area contributed by atoms with E-state index in [9.17, 15) is 4.39 Å². The van der Waals surface area contributed by atoms with Crippen molar-refractivity contribution < 1.29 is 13.9 Å². The molecule has 10 nitrogen and oxygen atoms in total. The van der Waals surface area contributed by atoms with E-state index in [2.05, 4.69) is 34.6 Å². The molecule has 0 unspecified atom stereocenters. The lowest BCUT2D eigenvalue weighted by Crippen LogP contribution is -2.41. The molecule has 11 heteroatoms. The van der Waals surface area contributed by atoms with Crippen molar-refractivity contribution in [3.63, 3.8) is 0 Å². The number of nitrogens with zero attached hydrogens (tertiary/aromatic N) is 7. The van der Waals surface area contributed by atoms with Crippen LogP contribution >= 0.6 is 0 Å². The Labute approximate surface area is 208 Å². The number of rotatable bonds is 4. The maximum atomic E-state index is 14.5. The predicted molar refractivity (Wildman–Crippen MR) is 134 cm³/mol. The lowest BCUT2D eigenvalue weighted by molar-refractivity contribution is 0.0662. The van der Waals surface area contributed by atoms with Crippen molar-refractivity contribution in [1.82, 2.24) is 29.4 Å². The largest absolute Gasteiger partial charge is 0.494 e. The summed E-state index contributed by atoms with van der Waals surface area (Å²) >= 11 is 0. The maximum Gasteiger partial charge on any atom is 0.223 e. The first-order valence-electron chi connectivity index (χ1n) is 12.5. The van der Waals surface area contributed by atoms with E-state index in [4.69, 9.17) is 30.4 Å². The summed E-state index contributed by atoms with van der Waals surface area (Å²) in [6.07, 6.45) is 6.12. The molecule has 2 aliphatic heterocycles. The van der Waals surface area contributed by atoms with Crippen molar-refractivity contribution in [2.45, 2.75) is 57.5 Å². The molecule has 6 rings (SSSR count). The molecule has 4 aromatic rings. The Kier molecular flexibility index (Phi) is 5.66. The van der Waals surface area contributed by atoms with Crippen molar-refractivity contribution in [1.29, 1.82) is 0 Å². The van der Waals surface area contributed by atoms with Crippen LogP contribution in [0.4, 0.5) is 16.0 Å². The lowest BCUT2D eigenvalue weighted by atomic mass is 9.92. The van der Waals surface area contributed by atoms with E-state index in [0.29, 0.717) is 34.5 Å². The molecule has 0 bridgehead atoms. The average Bonchev–Trinajstić information content (AvgIpc) is 3.50. The first kappa shape index (κ1) is 23.0. The number of nitrogen functional groups attached to an aromatic ring is 1. The van der Waals surface area contributed by atoms with Crippen LogP contribution in [0.1, 0.15) is 56.1 Å². The molecule has 2 N–H and O–H groups in total. The molecule has 0 aliphatic carbocycles. The number of benzene rings is 1. The molecule has 2 fully saturated rings. The summed E-state index contributed by atoms with van der Waals surface area (Å²) in [7, 11) is 1.42.